The number of hydrogen-bond donors (Lipinski definition) is 0. The van der Waals surface area contributed by atoms with Gasteiger partial charge in [0.05, 0.1) is 18.1 Å². The molecule has 0 bridgehead atoms. The normalized spacial score (nSPS) is 10.9. The number of hydrogen-bond acceptors (Lipinski definition) is 3. The van der Waals surface area contributed by atoms with Crippen LogP contribution in [0.1, 0.15) is 17.6 Å². The van der Waals surface area contributed by atoms with Gasteiger partial charge in [0.1, 0.15) is 5.01 Å². The SMILES string of the molecule is CCn1ccn(Cc2nc(CCl)cs2)c1=O. The lowest BCUT2D eigenvalue weighted by molar-refractivity contribution is 0.666. The minimum Gasteiger partial charge on any atom is -0.300 e. The van der Waals surface area contributed by atoms with Crippen LogP contribution in [0.2, 0.25) is 0 Å². The molecule has 0 radical (unpaired) electrons. The van der Waals surface area contributed by atoms with Gasteiger partial charge in [-0.1, -0.05) is 0 Å². The van der Waals surface area contributed by atoms with E-state index in [0.29, 0.717) is 19.0 Å². The van der Waals surface area contributed by atoms with Crippen molar-refractivity contribution < 1.29 is 0 Å². The molecule has 0 fully saturated rings. The number of nitrogens with zero attached hydrogens (tertiary/aromatic N) is 3. The Balaban J connectivity index is 2.20. The second kappa shape index (κ2) is 4.84. The van der Waals surface area contributed by atoms with Gasteiger partial charge in [0.15, 0.2) is 0 Å². The molecule has 0 unspecified atom stereocenters. The van der Waals surface area contributed by atoms with E-state index in [0.717, 1.165) is 10.7 Å². The molecule has 0 N–H and O–H groups in total. The Labute approximate surface area is 102 Å². The van der Waals surface area contributed by atoms with Crippen molar-refractivity contribution >= 4 is 22.9 Å². The molecule has 16 heavy (non-hydrogen) atoms. The summed E-state index contributed by atoms with van der Waals surface area (Å²) in [6, 6.07) is 0. The fourth-order valence-electron chi connectivity index (χ4n) is 1.44. The van der Waals surface area contributed by atoms with Crippen LogP contribution in [-0.4, -0.2) is 14.1 Å². The summed E-state index contributed by atoms with van der Waals surface area (Å²) < 4.78 is 3.32. The lowest BCUT2D eigenvalue weighted by Gasteiger charge is -1.97. The Morgan fingerprint density at radius 2 is 2.19 bits per heavy atom. The molecule has 0 aliphatic heterocycles. The first-order valence-corrected chi connectivity index (χ1v) is 6.40. The zero-order valence-corrected chi connectivity index (χ0v) is 10.5. The smallest absolute Gasteiger partial charge is 0.300 e. The zero-order chi connectivity index (χ0) is 11.5. The van der Waals surface area contributed by atoms with Crippen molar-refractivity contribution in [1.29, 1.82) is 0 Å². The monoisotopic (exact) mass is 257 g/mol. The molecule has 2 rings (SSSR count). The van der Waals surface area contributed by atoms with Crippen molar-refractivity contribution in [3.05, 3.63) is 39.0 Å². The molecule has 0 aromatic carbocycles. The van der Waals surface area contributed by atoms with E-state index in [1.807, 2.05) is 12.3 Å². The van der Waals surface area contributed by atoms with Gasteiger partial charge >= 0.3 is 5.69 Å². The van der Waals surface area contributed by atoms with Crippen molar-refractivity contribution in [1.82, 2.24) is 14.1 Å². The fourth-order valence-corrected chi connectivity index (χ4v) is 2.46. The van der Waals surface area contributed by atoms with Gasteiger partial charge < -0.3 is 0 Å². The quantitative estimate of drug-likeness (QED) is 0.785. The Morgan fingerprint density at radius 3 is 2.75 bits per heavy atom. The summed E-state index contributed by atoms with van der Waals surface area (Å²) in [5.41, 5.74) is 0.870. The average Bonchev–Trinajstić information content (AvgIpc) is 2.88. The second-order valence-corrected chi connectivity index (χ2v) is 4.57. The molecule has 4 nitrogen and oxygen atoms in total. The number of imidazole rings is 1. The highest BCUT2D eigenvalue weighted by atomic mass is 35.5. The molecule has 86 valence electrons. The molecule has 0 saturated heterocycles. The highest BCUT2D eigenvalue weighted by Crippen LogP contribution is 2.12. The molecule has 2 heterocycles. The van der Waals surface area contributed by atoms with Crippen LogP contribution in [0.5, 0.6) is 0 Å². The summed E-state index contributed by atoms with van der Waals surface area (Å²) in [7, 11) is 0. The van der Waals surface area contributed by atoms with E-state index in [2.05, 4.69) is 4.98 Å². The molecule has 0 aliphatic carbocycles. The molecule has 0 atom stereocenters. The number of rotatable bonds is 4. The molecule has 2 aromatic heterocycles. The zero-order valence-electron chi connectivity index (χ0n) is 8.89. The van der Waals surface area contributed by atoms with E-state index >= 15 is 0 Å². The fraction of sp³-hybridized carbons (Fsp3) is 0.400. The van der Waals surface area contributed by atoms with Crippen LogP contribution in [0.3, 0.4) is 0 Å². The number of aryl methyl sites for hydroxylation is 1. The van der Waals surface area contributed by atoms with Crippen molar-refractivity contribution in [2.24, 2.45) is 0 Å². The summed E-state index contributed by atoms with van der Waals surface area (Å²) in [5, 5.41) is 2.83. The molecule has 2 aromatic rings. The summed E-state index contributed by atoms with van der Waals surface area (Å²) in [5.74, 6) is 0.418. The molecular weight excluding hydrogens is 246 g/mol. The Morgan fingerprint density at radius 1 is 1.44 bits per heavy atom. The van der Waals surface area contributed by atoms with Crippen LogP contribution >= 0.6 is 22.9 Å². The standard InChI is InChI=1S/C10H12ClN3OS/c1-2-13-3-4-14(10(13)15)6-9-12-8(5-11)7-16-9/h3-4,7H,2,5-6H2,1H3. The summed E-state index contributed by atoms with van der Waals surface area (Å²) >= 11 is 7.20. The van der Waals surface area contributed by atoms with E-state index in [1.165, 1.54) is 11.3 Å². The number of alkyl halides is 1. The Kier molecular flexibility index (Phi) is 3.46. The number of thiazole rings is 1. The lowest BCUT2D eigenvalue weighted by atomic mass is 10.5. The van der Waals surface area contributed by atoms with Crippen LogP contribution in [-0.2, 0) is 19.0 Å². The van der Waals surface area contributed by atoms with Gasteiger partial charge in [-0.3, -0.25) is 9.13 Å². The molecule has 0 saturated carbocycles. The van der Waals surface area contributed by atoms with E-state index in [1.54, 1.807) is 21.5 Å². The third-order valence-electron chi connectivity index (χ3n) is 2.30. The molecule has 0 spiro atoms. The van der Waals surface area contributed by atoms with Gasteiger partial charge in [-0.05, 0) is 6.92 Å². The Hall–Kier alpha value is -1.07. The van der Waals surface area contributed by atoms with Gasteiger partial charge in [-0.2, -0.15) is 0 Å². The molecule has 0 amide bonds. The van der Waals surface area contributed by atoms with E-state index in [-0.39, 0.29) is 5.69 Å². The Bertz CT molecular complexity index is 528. The maximum absolute atomic E-state index is 11.8. The molecule has 0 aliphatic rings. The van der Waals surface area contributed by atoms with Gasteiger partial charge in [-0.25, -0.2) is 9.78 Å². The van der Waals surface area contributed by atoms with Gasteiger partial charge in [0.25, 0.3) is 0 Å². The molecule has 6 heteroatoms. The third kappa shape index (κ3) is 2.20. The minimum atomic E-state index is 0.00474. The van der Waals surface area contributed by atoms with Crippen molar-refractivity contribution in [2.45, 2.75) is 25.9 Å². The first-order chi connectivity index (χ1) is 7.74. The first-order valence-electron chi connectivity index (χ1n) is 4.99. The summed E-state index contributed by atoms with van der Waals surface area (Å²) in [4.78, 5) is 16.1. The predicted octanol–water partition coefficient (Wildman–Crippen LogP) is 1.91. The highest BCUT2D eigenvalue weighted by molar-refractivity contribution is 7.09. The van der Waals surface area contributed by atoms with Crippen LogP contribution in [0.4, 0.5) is 0 Å². The minimum absolute atomic E-state index is 0.00474. The van der Waals surface area contributed by atoms with Crippen molar-refractivity contribution in [3.63, 3.8) is 0 Å². The number of aromatic nitrogens is 3. The van der Waals surface area contributed by atoms with Crippen LogP contribution in [0.25, 0.3) is 0 Å². The van der Waals surface area contributed by atoms with E-state index in [4.69, 9.17) is 11.6 Å². The molecular formula is C10H12ClN3OS. The number of halogens is 1. The maximum atomic E-state index is 11.8. The first kappa shape index (κ1) is 11.4. The van der Waals surface area contributed by atoms with Crippen molar-refractivity contribution in [2.75, 3.05) is 0 Å². The third-order valence-corrected chi connectivity index (χ3v) is 3.46. The van der Waals surface area contributed by atoms with Crippen LogP contribution in [0, 0.1) is 0 Å². The van der Waals surface area contributed by atoms with Crippen LogP contribution < -0.4 is 5.69 Å². The van der Waals surface area contributed by atoms with Gasteiger partial charge in [0.2, 0.25) is 0 Å². The largest absolute Gasteiger partial charge is 0.328 e. The predicted molar refractivity (Wildman–Crippen MR) is 65.1 cm³/mol. The summed E-state index contributed by atoms with van der Waals surface area (Å²) in [6.45, 7) is 3.16. The average molecular weight is 258 g/mol. The highest BCUT2D eigenvalue weighted by Gasteiger charge is 2.05. The van der Waals surface area contributed by atoms with E-state index < -0.39 is 0 Å². The second-order valence-electron chi connectivity index (χ2n) is 3.36. The maximum Gasteiger partial charge on any atom is 0.328 e. The summed E-state index contributed by atoms with van der Waals surface area (Å²) in [6.07, 6.45) is 3.58. The van der Waals surface area contributed by atoms with Crippen LogP contribution in [0.15, 0.2) is 22.6 Å². The van der Waals surface area contributed by atoms with E-state index in [9.17, 15) is 4.79 Å². The lowest BCUT2D eigenvalue weighted by Crippen LogP contribution is -2.23. The van der Waals surface area contributed by atoms with Crippen molar-refractivity contribution in [3.8, 4) is 0 Å². The van der Waals surface area contributed by atoms with Gasteiger partial charge in [0, 0.05) is 24.3 Å². The topological polar surface area (TPSA) is 39.8 Å². The van der Waals surface area contributed by atoms with Gasteiger partial charge in [-0.15, -0.1) is 22.9 Å².